The lowest BCUT2D eigenvalue weighted by Crippen LogP contribution is -2.43. The fraction of sp³-hybridized carbons (Fsp3) is 0.314. The van der Waals surface area contributed by atoms with E-state index in [-0.39, 0.29) is 41.2 Å². The number of ether oxygens (including phenoxy) is 1. The van der Waals surface area contributed by atoms with Crippen LogP contribution in [0.1, 0.15) is 35.4 Å². The number of benzene rings is 3. The number of halogens is 3. The van der Waals surface area contributed by atoms with Crippen molar-refractivity contribution in [3.05, 3.63) is 91.9 Å². The third kappa shape index (κ3) is 4.48. The van der Waals surface area contributed by atoms with E-state index in [0.29, 0.717) is 27.0 Å². The Kier molecular flexibility index (Phi) is 7.46. The summed E-state index contributed by atoms with van der Waals surface area (Å²) in [4.78, 5) is 59.0. The van der Waals surface area contributed by atoms with Gasteiger partial charge >= 0.3 is 0 Å². The summed E-state index contributed by atoms with van der Waals surface area (Å²) in [6.07, 6.45) is 2.44. The van der Waals surface area contributed by atoms with Crippen molar-refractivity contribution < 1.29 is 29.0 Å². The number of hydrogen-bond acceptors (Lipinski definition) is 6. The van der Waals surface area contributed by atoms with Crippen LogP contribution in [0.4, 0.5) is 11.4 Å². The van der Waals surface area contributed by atoms with Crippen LogP contribution in [0.5, 0.6) is 11.5 Å². The van der Waals surface area contributed by atoms with Gasteiger partial charge in [0.15, 0.2) is 11.5 Å². The molecule has 4 amide bonds. The Labute approximate surface area is 280 Å². The second-order valence-electron chi connectivity index (χ2n) is 12.5. The third-order valence-corrected chi connectivity index (χ3v) is 11.2. The molecule has 6 atom stereocenters. The molecular weight excluding hydrogens is 651 g/mol. The molecule has 0 spiro atoms. The molecule has 2 aliphatic heterocycles. The molecule has 3 aromatic carbocycles. The molecule has 2 saturated heterocycles. The van der Waals surface area contributed by atoms with Gasteiger partial charge in [-0.1, -0.05) is 58.6 Å². The third-order valence-electron chi connectivity index (χ3n) is 10.1. The SMILES string of the molecule is COc1cc(C2C3=CCC4C(=O)N(c5ccc(C)c(Cl)c5)C(=O)C4C3CC3C(=O)N(c4ccc(C)c(Cl)c4)C(=O)C32)cc(Cl)c1O. The Hall–Kier alpha value is -3.85. The zero-order chi connectivity index (χ0) is 32.8. The summed E-state index contributed by atoms with van der Waals surface area (Å²) >= 11 is 19.2. The van der Waals surface area contributed by atoms with Crippen LogP contribution in [0.2, 0.25) is 15.1 Å². The van der Waals surface area contributed by atoms with Crippen molar-refractivity contribution >= 4 is 69.8 Å². The van der Waals surface area contributed by atoms with Gasteiger partial charge in [-0.25, -0.2) is 9.80 Å². The van der Waals surface area contributed by atoms with Crippen LogP contribution < -0.4 is 14.5 Å². The standard InChI is InChI=1S/C35H29Cl3N2O6/c1-15-4-6-18(12-24(15)36)39-32(42)21-9-8-20-22(29(21)34(39)44)14-23-30(28(20)17-10-26(38)31(41)27(11-17)46-3)35(45)40(33(23)43)19-7-5-16(2)25(37)13-19/h4-8,10-13,21-23,28-30,41H,9,14H2,1-3H3. The zero-order valence-electron chi connectivity index (χ0n) is 25.1. The average Bonchev–Trinajstić information content (AvgIpc) is 3.44. The zero-order valence-corrected chi connectivity index (χ0v) is 27.4. The molecule has 0 bridgehead atoms. The molecule has 1 N–H and O–H groups in total. The number of amides is 4. The molecule has 3 aromatic rings. The Bertz CT molecular complexity index is 1910. The first-order valence-electron chi connectivity index (χ1n) is 15.0. The number of aryl methyl sites for hydroxylation is 2. The number of carbonyl (C=O) groups is 4. The second-order valence-corrected chi connectivity index (χ2v) is 13.7. The highest BCUT2D eigenvalue weighted by molar-refractivity contribution is 6.33. The van der Waals surface area contributed by atoms with Gasteiger partial charge in [0, 0.05) is 16.0 Å². The number of methoxy groups -OCH3 is 1. The van der Waals surface area contributed by atoms with Crippen LogP contribution in [0.3, 0.4) is 0 Å². The van der Waals surface area contributed by atoms with E-state index in [1.807, 2.05) is 19.9 Å². The van der Waals surface area contributed by atoms with Crippen molar-refractivity contribution in [1.29, 1.82) is 0 Å². The maximum Gasteiger partial charge on any atom is 0.238 e. The summed E-state index contributed by atoms with van der Waals surface area (Å²) in [6, 6.07) is 13.3. The Balaban J connectivity index is 1.36. The first-order chi connectivity index (χ1) is 21.9. The van der Waals surface area contributed by atoms with Gasteiger partial charge in [0.1, 0.15) is 0 Å². The number of phenolic OH excluding ortho intramolecular Hbond substituents is 1. The lowest BCUT2D eigenvalue weighted by molar-refractivity contribution is -0.126. The van der Waals surface area contributed by atoms with Crippen molar-refractivity contribution in [3.63, 3.8) is 0 Å². The summed E-state index contributed by atoms with van der Waals surface area (Å²) in [5.41, 5.74) is 3.74. The quantitative estimate of drug-likeness (QED) is 0.235. The fourth-order valence-corrected chi connectivity index (χ4v) is 8.41. The second kappa shape index (κ2) is 11.1. The van der Waals surface area contributed by atoms with Crippen LogP contribution in [-0.2, 0) is 19.2 Å². The van der Waals surface area contributed by atoms with E-state index in [0.717, 1.165) is 16.7 Å². The van der Waals surface area contributed by atoms with Gasteiger partial charge in [0.05, 0.1) is 47.2 Å². The van der Waals surface area contributed by atoms with E-state index in [2.05, 4.69) is 0 Å². The summed E-state index contributed by atoms with van der Waals surface area (Å²) in [7, 11) is 1.40. The van der Waals surface area contributed by atoms with E-state index in [4.69, 9.17) is 39.5 Å². The molecule has 7 rings (SSSR count). The van der Waals surface area contributed by atoms with Crippen molar-refractivity contribution in [3.8, 4) is 11.5 Å². The largest absolute Gasteiger partial charge is 0.503 e. The lowest BCUT2D eigenvalue weighted by atomic mass is 9.57. The monoisotopic (exact) mass is 678 g/mol. The van der Waals surface area contributed by atoms with Crippen molar-refractivity contribution in [2.75, 3.05) is 16.9 Å². The summed E-state index contributed by atoms with van der Waals surface area (Å²) in [6.45, 7) is 3.67. The number of aromatic hydroxyl groups is 1. The van der Waals surface area contributed by atoms with Gasteiger partial charge < -0.3 is 9.84 Å². The Morgan fingerprint density at radius 3 is 1.85 bits per heavy atom. The first kappa shape index (κ1) is 30.8. The number of phenols is 1. The van der Waals surface area contributed by atoms with Crippen molar-refractivity contribution in [1.82, 2.24) is 0 Å². The highest BCUT2D eigenvalue weighted by Crippen LogP contribution is 2.59. The van der Waals surface area contributed by atoms with Gasteiger partial charge in [-0.2, -0.15) is 0 Å². The number of carbonyl (C=O) groups excluding carboxylic acids is 4. The van der Waals surface area contributed by atoms with E-state index in [1.54, 1.807) is 48.5 Å². The molecule has 8 nitrogen and oxygen atoms in total. The number of imide groups is 2. The Morgan fingerprint density at radius 2 is 1.28 bits per heavy atom. The molecule has 3 fully saturated rings. The normalized spacial score (nSPS) is 27.0. The van der Waals surface area contributed by atoms with Gasteiger partial charge in [-0.3, -0.25) is 19.2 Å². The summed E-state index contributed by atoms with van der Waals surface area (Å²) in [5, 5.41) is 11.4. The molecule has 2 aliphatic carbocycles. The van der Waals surface area contributed by atoms with Crippen LogP contribution in [-0.4, -0.2) is 35.8 Å². The smallest absolute Gasteiger partial charge is 0.238 e. The molecule has 2 heterocycles. The number of rotatable bonds is 4. The van der Waals surface area contributed by atoms with Crippen LogP contribution in [0.15, 0.2) is 60.2 Å². The minimum atomic E-state index is -0.823. The average molecular weight is 680 g/mol. The summed E-state index contributed by atoms with van der Waals surface area (Å²) in [5.74, 6) is -5.76. The molecule has 0 radical (unpaired) electrons. The molecule has 11 heteroatoms. The topological polar surface area (TPSA) is 104 Å². The highest BCUT2D eigenvalue weighted by atomic mass is 35.5. The minimum absolute atomic E-state index is 0.0239. The molecule has 46 heavy (non-hydrogen) atoms. The molecular formula is C35H29Cl3N2O6. The van der Waals surface area contributed by atoms with E-state index < -0.39 is 47.3 Å². The molecule has 1 saturated carbocycles. The fourth-order valence-electron chi connectivity index (χ4n) is 7.84. The first-order valence-corrected chi connectivity index (χ1v) is 16.1. The van der Waals surface area contributed by atoms with E-state index in [9.17, 15) is 24.3 Å². The molecule has 0 aromatic heterocycles. The predicted octanol–water partition coefficient (Wildman–Crippen LogP) is 7.02. The lowest BCUT2D eigenvalue weighted by Gasteiger charge is -2.44. The van der Waals surface area contributed by atoms with Crippen molar-refractivity contribution in [2.45, 2.75) is 32.6 Å². The Morgan fingerprint density at radius 1 is 0.717 bits per heavy atom. The van der Waals surface area contributed by atoms with E-state index in [1.165, 1.54) is 16.9 Å². The minimum Gasteiger partial charge on any atom is -0.503 e. The predicted molar refractivity (Wildman–Crippen MR) is 175 cm³/mol. The molecule has 6 unspecified atom stereocenters. The maximum atomic E-state index is 14.3. The number of anilines is 2. The van der Waals surface area contributed by atoms with Gasteiger partial charge in [-0.05, 0) is 85.7 Å². The van der Waals surface area contributed by atoms with Gasteiger partial charge in [0.25, 0.3) is 0 Å². The van der Waals surface area contributed by atoms with Crippen LogP contribution >= 0.6 is 34.8 Å². The summed E-state index contributed by atoms with van der Waals surface area (Å²) < 4.78 is 5.40. The number of hydrogen-bond donors (Lipinski definition) is 1. The molecule has 236 valence electrons. The van der Waals surface area contributed by atoms with Gasteiger partial charge in [0.2, 0.25) is 23.6 Å². The van der Waals surface area contributed by atoms with E-state index >= 15 is 0 Å². The number of allylic oxidation sites excluding steroid dienone is 2. The number of fused-ring (bicyclic) bond motifs is 4. The highest BCUT2D eigenvalue weighted by Gasteiger charge is 2.62. The molecule has 4 aliphatic rings. The van der Waals surface area contributed by atoms with Gasteiger partial charge in [-0.15, -0.1) is 0 Å². The van der Waals surface area contributed by atoms with Crippen LogP contribution in [0.25, 0.3) is 0 Å². The maximum absolute atomic E-state index is 14.3. The van der Waals surface area contributed by atoms with Crippen LogP contribution in [0, 0.1) is 43.4 Å². The van der Waals surface area contributed by atoms with Crippen molar-refractivity contribution in [2.24, 2.45) is 29.6 Å². The number of nitrogens with zero attached hydrogens (tertiary/aromatic N) is 2.